The van der Waals surface area contributed by atoms with Crippen LogP contribution in [0, 0.1) is 5.82 Å². The summed E-state index contributed by atoms with van der Waals surface area (Å²) in [5.74, 6) is -0.579. The Morgan fingerprint density at radius 3 is 2.52 bits per heavy atom. The molecule has 1 atom stereocenters. The van der Waals surface area contributed by atoms with E-state index < -0.39 is 0 Å². The molecule has 1 aromatic rings. The first-order valence-electron chi connectivity index (χ1n) is 10.7. The summed E-state index contributed by atoms with van der Waals surface area (Å²) in [5.41, 5.74) is 0.566. The number of benzene rings is 1. The van der Waals surface area contributed by atoms with Gasteiger partial charge in [-0.2, -0.15) is 0 Å². The fraction of sp³-hybridized carbons (Fsp3) is 0.636. The third kappa shape index (κ3) is 8.01. The first-order chi connectivity index (χ1) is 14.0. The molecule has 0 aliphatic carbocycles. The lowest BCUT2D eigenvalue weighted by Gasteiger charge is -2.36. The molecule has 29 heavy (non-hydrogen) atoms. The van der Waals surface area contributed by atoms with Gasteiger partial charge >= 0.3 is 0 Å². The van der Waals surface area contributed by atoms with Crippen LogP contribution in [0.1, 0.15) is 46.0 Å². The predicted molar refractivity (Wildman–Crippen MR) is 112 cm³/mol. The Balaban J connectivity index is 1.61. The number of ether oxygens (including phenoxy) is 1. The minimum atomic E-state index is -0.249. The van der Waals surface area contributed by atoms with Gasteiger partial charge in [-0.1, -0.05) is 44.7 Å². The van der Waals surface area contributed by atoms with Crippen LogP contribution in [0.25, 0.3) is 0 Å². The molecule has 0 unspecified atom stereocenters. The van der Waals surface area contributed by atoms with Crippen molar-refractivity contribution in [2.75, 3.05) is 44.3 Å². The molecule has 1 aromatic carbocycles. The normalized spacial score (nSPS) is 15.3. The average molecular weight is 408 g/mol. The van der Waals surface area contributed by atoms with Crippen LogP contribution in [0.3, 0.4) is 0 Å². The van der Waals surface area contributed by atoms with E-state index in [2.05, 4.69) is 12.2 Å². The fourth-order valence-electron chi connectivity index (χ4n) is 3.49. The molecule has 0 bridgehead atoms. The molecular weight excluding hydrogens is 373 g/mol. The van der Waals surface area contributed by atoms with Crippen LogP contribution in [0.4, 0.5) is 10.1 Å². The molecule has 0 saturated carbocycles. The zero-order valence-corrected chi connectivity index (χ0v) is 17.7. The van der Waals surface area contributed by atoms with Crippen molar-refractivity contribution in [3.8, 4) is 0 Å². The molecule has 1 aliphatic heterocycles. The third-order valence-corrected chi connectivity index (χ3v) is 5.18. The molecule has 7 heteroatoms. The SMILES string of the molecule is CCCCCC[C@@H](C)NC(=O)COCC(=O)N1CCN(c2ccccc2F)CC1. The Bertz CT molecular complexity index is 648. The molecule has 2 amide bonds. The highest BCUT2D eigenvalue weighted by atomic mass is 19.1. The number of halogens is 1. The standard InChI is InChI=1S/C22H34FN3O3/c1-3-4-5-6-9-18(2)24-21(27)16-29-17-22(28)26-14-12-25(13-15-26)20-11-8-7-10-19(20)23/h7-8,10-11,18H,3-6,9,12-17H2,1-2H3,(H,24,27)/t18-/m1/s1. The summed E-state index contributed by atoms with van der Waals surface area (Å²) < 4.78 is 19.2. The minimum absolute atomic E-state index is 0.111. The molecule has 6 nitrogen and oxygen atoms in total. The van der Waals surface area contributed by atoms with E-state index in [1.165, 1.54) is 25.3 Å². The van der Waals surface area contributed by atoms with Crippen molar-refractivity contribution in [2.24, 2.45) is 0 Å². The van der Waals surface area contributed by atoms with Gasteiger partial charge in [0, 0.05) is 32.2 Å². The molecule has 2 rings (SSSR count). The Kier molecular flexibility index (Phi) is 9.91. The van der Waals surface area contributed by atoms with Crippen LogP contribution in [-0.4, -0.2) is 62.1 Å². The van der Waals surface area contributed by atoms with Crippen LogP contribution in [-0.2, 0) is 14.3 Å². The Morgan fingerprint density at radius 1 is 1.10 bits per heavy atom. The number of carbonyl (C=O) groups excluding carboxylic acids is 2. The molecule has 162 valence electrons. The highest BCUT2D eigenvalue weighted by Crippen LogP contribution is 2.20. The van der Waals surface area contributed by atoms with Gasteiger partial charge in [-0.3, -0.25) is 9.59 Å². The van der Waals surface area contributed by atoms with E-state index in [9.17, 15) is 14.0 Å². The van der Waals surface area contributed by atoms with Crippen molar-refractivity contribution in [2.45, 2.75) is 52.0 Å². The number of anilines is 1. The van der Waals surface area contributed by atoms with Crippen LogP contribution in [0.2, 0.25) is 0 Å². The van der Waals surface area contributed by atoms with Crippen molar-refractivity contribution < 1.29 is 18.7 Å². The fourth-order valence-corrected chi connectivity index (χ4v) is 3.49. The molecule has 0 aromatic heterocycles. The van der Waals surface area contributed by atoms with E-state index in [4.69, 9.17) is 4.74 Å². The van der Waals surface area contributed by atoms with E-state index in [-0.39, 0.29) is 36.9 Å². The number of nitrogens with one attached hydrogen (secondary N) is 1. The maximum Gasteiger partial charge on any atom is 0.248 e. The van der Waals surface area contributed by atoms with Crippen molar-refractivity contribution in [1.29, 1.82) is 0 Å². The number of amides is 2. The highest BCUT2D eigenvalue weighted by Gasteiger charge is 2.22. The van der Waals surface area contributed by atoms with Crippen molar-refractivity contribution in [3.05, 3.63) is 30.1 Å². The first-order valence-corrected chi connectivity index (χ1v) is 10.7. The second-order valence-electron chi connectivity index (χ2n) is 7.63. The molecule has 0 radical (unpaired) electrons. The number of rotatable bonds is 11. The summed E-state index contributed by atoms with van der Waals surface area (Å²) in [6.07, 6.45) is 5.66. The first kappa shape index (κ1) is 23.1. The van der Waals surface area contributed by atoms with Gasteiger partial charge in [0.2, 0.25) is 11.8 Å². The van der Waals surface area contributed by atoms with Gasteiger partial charge < -0.3 is 19.9 Å². The quantitative estimate of drug-likeness (QED) is 0.573. The van der Waals surface area contributed by atoms with E-state index in [1.54, 1.807) is 23.1 Å². The Morgan fingerprint density at radius 2 is 1.83 bits per heavy atom. The maximum atomic E-state index is 13.9. The molecule has 1 N–H and O–H groups in total. The Hall–Kier alpha value is -2.15. The van der Waals surface area contributed by atoms with E-state index in [1.807, 2.05) is 11.8 Å². The van der Waals surface area contributed by atoms with Crippen molar-refractivity contribution >= 4 is 17.5 Å². The predicted octanol–water partition coefficient (Wildman–Crippen LogP) is 2.97. The average Bonchev–Trinajstić information content (AvgIpc) is 2.71. The van der Waals surface area contributed by atoms with Gasteiger partial charge in [-0.15, -0.1) is 0 Å². The van der Waals surface area contributed by atoms with Gasteiger partial charge in [0.25, 0.3) is 0 Å². The third-order valence-electron chi connectivity index (χ3n) is 5.18. The van der Waals surface area contributed by atoms with E-state index in [0.717, 1.165) is 12.8 Å². The summed E-state index contributed by atoms with van der Waals surface area (Å²) in [5, 5.41) is 2.91. The lowest BCUT2D eigenvalue weighted by Crippen LogP contribution is -2.50. The van der Waals surface area contributed by atoms with Crippen LogP contribution in [0.5, 0.6) is 0 Å². The lowest BCUT2D eigenvalue weighted by molar-refractivity contribution is -0.138. The zero-order chi connectivity index (χ0) is 21.1. The second kappa shape index (κ2) is 12.4. The molecule has 1 heterocycles. The lowest BCUT2D eigenvalue weighted by atomic mass is 10.1. The van der Waals surface area contributed by atoms with Crippen LogP contribution < -0.4 is 10.2 Å². The number of carbonyl (C=O) groups is 2. The summed E-state index contributed by atoms with van der Waals surface area (Å²) >= 11 is 0. The number of hydrogen-bond donors (Lipinski definition) is 1. The number of nitrogens with zero attached hydrogens (tertiary/aromatic N) is 2. The summed E-state index contributed by atoms with van der Waals surface area (Å²) in [6, 6.07) is 6.78. The largest absolute Gasteiger partial charge is 0.366 e. The number of unbranched alkanes of at least 4 members (excludes halogenated alkanes) is 3. The minimum Gasteiger partial charge on any atom is -0.366 e. The molecule has 1 saturated heterocycles. The number of piperazine rings is 1. The smallest absolute Gasteiger partial charge is 0.248 e. The van der Waals surface area contributed by atoms with Crippen LogP contribution >= 0.6 is 0 Å². The second-order valence-corrected chi connectivity index (χ2v) is 7.63. The summed E-state index contributed by atoms with van der Waals surface area (Å²) in [6.45, 7) is 6.11. The maximum absolute atomic E-state index is 13.9. The van der Waals surface area contributed by atoms with Crippen LogP contribution in [0.15, 0.2) is 24.3 Å². The van der Waals surface area contributed by atoms with Crippen molar-refractivity contribution in [1.82, 2.24) is 10.2 Å². The van der Waals surface area contributed by atoms with Gasteiger partial charge in [-0.05, 0) is 25.5 Å². The van der Waals surface area contributed by atoms with E-state index in [0.29, 0.717) is 31.9 Å². The van der Waals surface area contributed by atoms with Gasteiger partial charge in [0.05, 0.1) is 5.69 Å². The topological polar surface area (TPSA) is 61.9 Å². The number of para-hydroxylation sites is 1. The van der Waals surface area contributed by atoms with Gasteiger partial charge in [0.15, 0.2) is 0 Å². The molecular formula is C22H34FN3O3. The summed E-state index contributed by atoms with van der Waals surface area (Å²) in [4.78, 5) is 27.9. The van der Waals surface area contributed by atoms with Gasteiger partial charge in [-0.25, -0.2) is 4.39 Å². The highest BCUT2D eigenvalue weighted by molar-refractivity contribution is 5.80. The zero-order valence-electron chi connectivity index (χ0n) is 17.7. The number of hydrogen-bond acceptors (Lipinski definition) is 4. The van der Waals surface area contributed by atoms with Gasteiger partial charge in [0.1, 0.15) is 19.0 Å². The van der Waals surface area contributed by atoms with E-state index >= 15 is 0 Å². The van der Waals surface area contributed by atoms with Crippen molar-refractivity contribution in [3.63, 3.8) is 0 Å². The molecule has 1 fully saturated rings. The monoisotopic (exact) mass is 407 g/mol. The molecule has 1 aliphatic rings. The summed E-state index contributed by atoms with van der Waals surface area (Å²) in [7, 11) is 0. The Labute approximate surface area is 173 Å². The molecule has 0 spiro atoms.